The molecule has 8 heteroatoms. The predicted octanol–water partition coefficient (Wildman–Crippen LogP) is 6.55. The van der Waals surface area contributed by atoms with Crippen LogP contribution in [0.15, 0.2) is 36.4 Å². The van der Waals surface area contributed by atoms with Crippen molar-refractivity contribution < 1.29 is 9.90 Å². The van der Waals surface area contributed by atoms with Gasteiger partial charge in [-0.25, -0.2) is 0 Å². The molecule has 184 valence electrons. The van der Waals surface area contributed by atoms with Crippen LogP contribution < -0.4 is 5.32 Å². The lowest BCUT2D eigenvalue weighted by atomic mass is 9.88. The average Bonchev–Trinajstić information content (AvgIpc) is 2.80. The molecule has 2 aliphatic rings. The number of carboxylic acids is 1. The fourth-order valence-corrected chi connectivity index (χ4v) is 6.08. The molecule has 5 nitrogen and oxygen atoms in total. The maximum Gasteiger partial charge on any atom is 0.317 e. The molecule has 0 radical (unpaired) electrons. The normalized spacial score (nSPS) is 21.4. The first-order valence-corrected chi connectivity index (χ1v) is 13.1. The number of likely N-dealkylation sites (tertiary alicyclic amines) is 2. The first kappa shape index (κ1) is 25.6. The van der Waals surface area contributed by atoms with Gasteiger partial charge in [0.1, 0.15) is 0 Å². The van der Waals surface area contributed by atoms with E-state index < -0.39 is 5.97 Å². The van der Waals surface area contributed by atoms with Crippen molar-refractivity contribution in [3.05, 3.63) is 62.6 Å². The number of rotatable bonds is 7. The van der Waals surface area contributed by atoms with E-state index in [0.29, 0.717) is 27.0 Å². The lowest BCUT2D eigenvalue weighted by Gasteiger charge is -2.42. The number of nitrogens with one attached hydrogen (secondary N) is 1. The average molecular weight is 525 g/mol. The number of benzene rings is 2. The maximum atomic E-state index is 11.1. The zero-order valence-electron chi connectivity index (χ0n) is 19.4. The molecule has 2 heterocycles. The summed E-state index contributed by atoms with van der Waals surface area (Å²) in [6.07, 6.45) is 4.41. The minimum absolute atomic E-state index is 0.0144. The Kier molecular flexibility index (Phi) is 8.65. The van der Waals surface area contributed by atoms with Crippen LogP contribution in [0.2, 0.25) is 15.1 Å². The Morgan fingerprint density at radius 1 is 1.06 bits per heavy atom. The molecular formula is C26H32Cl3N3O2. The van der Waals surface area contributed by atoms with Gasteiger partial charge in [0.15, 0.2) is 0 Å². The highest BCUT2D eigenvalue weighted by molar-refractivity contribution is 6.35. The number of nitrogens with zero attached hydrogens (tertiary/aromatic N) is 2. The smallest absolute Gasteiger partial charge is 0.317 e. The molecule has 0 aromatic heterocycles. The molecule has 2 atom stereocenters. The van der Waals surface area contributed by atoms with E-state index in [-0.39, 0.29) is 12.6 Å². The van der Waals surface area contributed by atoms with Crippen molar-refractivity contribution in [2.24, 2.45) is 0 Å². The number of aliphatic carboxylic acids is 1. The van der Waals surface area contributed by atoms with Gasteiger partial charge in [-0.05, 0) is 93.6 Å². The fraction of sp³-hybridized carbons (Fsp3) is 0.500. The largest absolute Gasteiger partial charge is 0.480 e. The molecule has 0 unspecified atom stereocenters. The lowest BCUT2D eigenvalue weighted by molar-refractivity contribution is -0.138. The van der Waals surface area contributed by atoms with Gasteiger partial charge in [0, 0.05) is 22.6 Å². The Labute approximate surface area is 217 Å². The molecule has 2 aromatic carbocycles. The van der Waals surface area contributed by atoms with Gasteiger partial charge in [0.2, 0.25) is 0 Å². The molecule has 0 amide bonds. The molecule has 2 saturated heterocycles. The van der Waals surface area contributed by atoms with E-state index >= 15 is 0 Å². The van der Waals surface area contributed by atoms with Crippen LogP contribution in [0.5, 0.6) is 0 Å². The van der Waals surface area contributed by atoms with Gasteiger partial charge in [0.25, 0.3) is 0 Å². The topological polar surface area (TPSA) is 55.8 Å². The van der Waals surface area contributed by atoms with Crippen molar-refractivity contribution in [3.63, 3.8) is 0 Å². The highest BCUT2D eigenvalue weighted by Gasteiger charge is 2.30. The van der Waals surface area contributed by atoms with Crippen LogP contribution in [-0.4, -0.2) is 59.6 Å². The molecule has 2 N–H and O–H groups in total. The number of carboxylic acid groups (broad SMARTS) is 1. The SMILES string of the molecule is C[C@@H](Nc1cc(C2CCN([C@@H]3CCCN(CC(=O)O)C3)CC2)ccc1Cl)c1ccc(Cl)cc1Cl. The van der Waals surface area contributed by atoms with Gasteiger partial charge in [-0.15, -0.1) is 0 Å². The fourth-order valence-electron chi connectivity index (χ4n) is 5.33. The van der Waals surface area contributed by atoms with Crippen molar-refractivity contribution in [3.8, 4) is 0 Å². The summed E-state index contributed by atoms with van der Waals surface area (Å²) in [4.78, 5) is 15.7. The van der Waals surface area contributed by atoms with Crippen LogP contribution in [0.3, 0.4) is 0 Å². The zero-order chi connectivity index (χ0) is 24.2. The Morgan fingerprint density at radius 2 is 1.82 bits per heavy atom. The van der Waals surface area contributed by atoms with Gasteiger partial charge in [-0.3, -0.25) is 14.6 Å². The molecule has 2 aromatic rings. The minimum Gasteiger partial charge on any atom is -0.480 e. The number of hydrogen-bond acceptors (Lipinski definition) is 4. The lowest BCUT2D eigenvalue weighted by Crippen LogP contribution is -2.51. The van der Waals surface area contributed by atoms with Gasteiger partial charge >= 0.3 is 5.97 Å². The Hall–Kier alpha value is -1.50. The first-order valence-electron chi connectivity index (χ1n) is 12.0. The number of anilines is 1. The molecule has 0 saturated carbocycles. The van der Waals surface area contributed by atoms with Crippen LogP contribution in [0, 0.1) is 0 Å². The predicted molar refractivity (Wildman–Crippen MR) is 141 cm³/mol. The standard InChI is InChI=1S/C26H32Cl3N3O2/c1-17(22-6-5-20(27)14-24(22)29)30-25-13-19(4-7-23(25)28)18-8-11-32(12-9-18)21-3-2-10-31(15-21)16-26(33)34/h4-7,13-14,17-18,21,30H,2-3,8-12,15-16H2,1H3,(H,33,34)/t17-,21-/m1/s1. The third kappa shape index (κ3) is 6.38. The summed E-state index contributed by atoms with van der Waals surface area (Å²) in [5.41, 5.74) is 3.19. The van der Waals surface area contributed by atoms with E-state index in [1.165, 1.54) is 5.56 Å². The molecule has 2 fully saturated rings. The van der Waals surface area contributed by atoms with Crippen molar-refractivity contribution in [1.29, 1.82) is 0 Å². The van der Waals surface area contributed by atoms with Gasteiger partial charge in [0.05, 0.1) is 23.3 Å². The zero-order valence-corrected chi connectivity index (χ0v) is 21.7. The summed E-state index contributed by atoms with van der Waals surface area (Å²) >= 11 is 19.0. The van der Waals surface area contributed by atoms with E-state index in [4.69, 9.17) is 39.9 Å². The highest BCUT2D eigenvalue weighted by Crippen LogP contribution is 2.36. The number of piperidine rings is 2. The van der Waals surface area contributed by atoms with E-state index in [1.807, 2.05) is 18.2 Å². The van der Waals surface area contributed by atoms with E-state index in [2.05, 4.69) is 34.2 Å². The first-order chi connectivity index (χ1) is 16.3. The molecule has 0 bridgehead atoms. The minimum atomic E-state index is -0.737. The molecular weight excluding hydrogens is 493 g/mol. The number of halogens is 3. The van der Waals surface area contributed by atoms with Crippen LogP contribution in [0.1, 0.15) is 55.7 Å². The number of hydrogen-bond donors (Lipinski definition) is 2. The molecule has 2 aliphatic heterocycles. The van der Waals surface area contributed by atoms with Crippen molar-refractivity contribution in [1.82, 2.24) is 9.80 Å². The Morgan fingerprint density at radius 3 is 2.53 bits per heavy atom. The highest BCUT2D eigenvalue weighted by atomic mass is 35.5. The quantitative estimate of drug-likeness (QED) is 0.430. The molecule has 4 rings (SSSR count). The molecule has 34 heavy (non-hydrogen) atoms. The molecule has 0 spiro atoms. The summed E-state index contributed by atoms with van der Waals surface area (Å²) in [5, 5.41) is 14.6. The van der Waals surface area contributed by atoms with E-state index in [1.54, 1.807) is 6.07 Å². The summed E-state index contributed by atoms with van der Waals surface area (Å²) < 4.78 is 0. The van der Waals surface area contributed by atoms with E-state index in [0.717, 1.165) is 63.1 Å². The summed E-state index contributed by atoms with van der Waals surface area (Å²) in [5.74, 6) is -0.249. The van der Waals surface area contributed by atoms with Crippen LogP contribution in [-0.2, 0) is 4.79 Å². The Balaban J connectivity index is 1.37. The van der Waals surface area contributed by atoms with Gasteiger partial charge in [-0.2, -0.15) is 0 Å². The van der Waals surface area contributed by atoms with Crippen molar-refractivity contribution >= 4 is 46.5 Å². The third-order valence-corrected chi connectivity index (χ3v) is 8.04. The summed E-state index contributed by atoms with van der Waals surface area (Å²) in [6.45, 7) is 6.04. The van der Waals surface area contributed by atoms with Gasteiger partial charge < -0.3 is 10.4 Å². The second-order valence-electron chi connectivity index (χ2n) is 9.51. The van der Waals surface area contributed by atoms with E-state index in [9.17, 15) is 4.79 Å². The second-order valence-corrected chi connectivity index (χ2v) is 10.8. The molecule has 0 aliphatic carbocycles. The van der Waals surface area contributed by atoms with Crippen LogP contribution in [0.4, 0.5) is 5.69 Å². The maximum absolute atomic E-state index is 11.1. The summed E-state index contributed by atoms with van der Waals surface area (Å²) in [7, 11) is 0. The van der Waals surface area contributed by atoms with Crippen LogP contribution in [0.25, 0.3) is 0 Å². The van der Waals surface area contributed by atoms with Gasteiger partial charge in [-0.1, -0.05) is 46.9 Å². The third-order valence-electron chi connectivity index (χ3n) is 7.15. The Bertz CT molecular complexity index is 1010. The monoisotopic (exact) mass is 523 g/mol. The van der Waals surface area contributed by atoms with Crippen molar-refractivity contribution in [2.75, 3.05) is 38.0 Å². The van der Waals surface area contributed by atoms with Crippen molar-refractivity contribution in [2.45, 2.75) is 50.6 Å². The number of carbonyl (C=O) groups is 1. The van der Waals surface area contributed by atoms with Crippen LogP contribution >= 0.6 is 34.8 Å². The summed E-state index contributed by atoms with van der Waals surface area (Å²) in [6, 6.07) is 12.3. The second kappa shape index (κ2) is 11.5.